The third kappa shape index (κ3) is 6.97. The number of methoxy groups -OCH3 is 1. The molecule has 0 unspecified atom stereocenters. The quantitative estimate of drug-likeness (QED) is 0.190. The van der Waals surface area contributed by atoms with Crippen LogP contribution in [0.25, 0.3) is 6.08 Å². The van der Waals surface area contributed by atoms with Crippen molar-refractivity contribution in [3.63, 3.8) is 0 Å². The van der Waals surface area contributed by atoms with Gasteiger partial charge in [0.05, 0.1) is 18.4 Å². The van der Waals surface area contributed by atoms with Crippen molar-refractivity contribution in [3.05, 3.63) is 65.2 Å². The number of esters is 1. The number of anilines is 1. The van der Waals surface area contributed by atoms with Gasteiger partial charge >= 0.3 is 5.97 Å². The molecule has 3 aromatic rings. The van der Waals surface area contributed by atoms with Gasteiger partial charge < -0.3 is 9.47 Å². The maximum absolute atomic E-state index is 12.5. The molecule has 186 valence electrons. The topological polar surface area (TPSA) is 148 Å². The van der Waals surface area contributed by atoms with Crippen LogP contribution in [0.3, 0.4) is 0 Å². The van der Waals surface area contributed by atoms with E-state index in [0.29, 0.717) is 28.4 Å². The highest BCUT2D eigenvalue weighted by atomic mass is 32.2. The van der Waals surface area contributed by atoms with Crippen LogP contribution in [-0.4, -0.2) is 42.5 Å². The van der Waals surface area contributed by atoms with Crippen molar-refractivity contribution in [3.8, 4) is 17.6 Å². The molecule has 1 heterocycles. The number of hydrogen-bond donors (Lipinski definition) is 1. The molecule has 0 fully saturated rings. The van der Waals surface area contributed by atoms with Crippen molar-refractivity contribution in [1.29, 1.82) is 5.26 Å². The van der Waals surface area contributed by atoms with Crippen LogP contribution >= 0.6 is 11.5 Å². The Balaban J connectivity index is 1.67. The molecule has 1 amide bonds. The molecular weight excluding hydrogens is 504 g/mol. The molecule has 3 rings (SSSR count). The fourth-order valence-electron chi connectivity index (χ4n) is 2.93. The third-order valence-electron chi connectivity index (χ3n) is 4.53. The molecule has 10 nitrogen and oxygen atoms in total. The second kappa shape index (κ2) is 11.6. The molecule has 36 heavy (non-hydrogen) atoms. The molecule has 0 bridgehead atoms. The number of amides is 1. The number of carbonyl (C=O) groups excluding carboxylic acids is 2. The summed E-state index contributed by atoms with van der Waals surface area (Å²) in [6, 6.07) is 14.5. The van der Waals surface area contributed by atoms with E-state index in [1.165, 1.54) is 25.3 Å². The predicted molar refractivity (Wildman–Crippen MR) is 133 cm³/mol. The van der Waals surface area contributed by atoms with E-state index >= 15 is 0 Å². The van der Waals surface area contributed by atoms with E-state index < -0.39 is 21.7 Å². The summed E-state index contributed by atoms with van der Waals surface area (Å²) in [6.45, 7) is 3.52. The minimum absolute atomic E-state index is 0.0386. The van der Waals surface area contributed by atoms with Gasteiger partial charge in [-0.3, -0.25) is 10.1 Å². The first-order chi connectivity index (χ1) is 17.1. The summed E-state index contributed by atoms with van der Waals surface area (Å²) in [5.41, 5.74) is 0.580. The largest absolute Gasteiger partial charge is 0.497 e. The highest BCUT2D eigenvalue weighted by Crippen LogP contribution is 2.20. The van der Waals surface area contributed by atoms with Gasteiger partial charge in [0.1, 0.15) is 23.1 Å². The van der Waals surface area contributed by atoms with E-state index in [1.54, 1.807) is 56.3 Å². The summed E-state index contributed by atoms with van der Waals surface area (Å²) < 4.78 is 38.7. The normalized spacial score (nSPS) is 11.6. The lowest BCUT2D eigenvalue weighted by Crippen LogP contribution is -2.15. The van der Waals surface area contributed by atoms with E-state index in [9.17, 15) is 23.3 Å². The number of benzene rings is 2. The number of aromatic nitrogens is 2. The molecule has 0 aliphatic rings. The Morgan fingerprint density at radius 2 is 1.89 bits per heavy atom. The Hall–Kier alpha value is -4.08. The molecule has 0 aliphatic heterocycles. The molecule has 0 spiro atoms. The minimum atomic E-state index is -3.67. The Labute approximate surface area is 212 Å². The first-order valence-corrected chi connectivity index (χ1v) is 13.0. The van der Waals surface area contributed by atoms with Gasteiger partial charge in [0.15, 0.2) is 0 Å². The van der Waals surface area contributed by atoms with Gasteiger partial charge in [0.25, 0.3) is 11.1 Å². The van der Waals surface area contributed by atoms with Crippen molar-refractivity contribution in [2.75, 3.05) is 18.2 Å². The van der Waals surface area contributed by atoms with Gasteiger partial charge in [-0.15, -0.1) is 0 Å². The molecule has 0 saturated carbocycles. The Bertz CT molecular complexity index is 1440. The van der Waals surface area contributed by atoms with Crippen molar-refractivity contribution < 1.29 is 27.5 Å². The number of hydrogen-bond acceptors (Lipinski definition) is 10. The lowest BCUT2D eigenvalue weighted by atomic mass is 10.1. The van der Waals surface area contributed by atoms with E-state index in [-0.39, 0.29) is 33.3 Å². The average Bonchev–Trinajstić information content (AvgIpc) is 3.32. The van der Waals surface area contributed by atoms with Crippen LogP contribution in [0.5, 0.6) is 11.5 Å². The SMILES string of the molecule is COc1cccc(C(=O)Oc2ccc(/C=C(/C#N)C(=O)Nc3nc(S(=O)(=O)CC(C)C)ns3)cc2)c1. The van der Waals surface area contributed by atoms with Crippen molar-refractivity contribution in [2.45, 2.75) is 19.0 Å². The highest BCUT2D eigenvalue weighted by Gasteiger charge is 2.23. The number of ether oxygens (including phenoxy) is 2. The highest BCUT2D eigenvalue weighted by molar-refractivity contribution is 7.91. The van der Waals surface area contributed by atoms with Crippen molar-refractivity contribution in [1.82, 2.24) is 9.36 Å². The van der Waals surface area contributed by atoms with Crippen LogP contribution < -0.4 is 14.8 Å². The maximum Gasteiger partial charge on any atom is 0.343 e. The molecule has 0 radical (unpaired) electrons. The Kier molecular flexibility index (Phi) is 8.52. The van der Waals surface area contributed by atoms with E-state index in [4.69, 9.17) is 9.47 Å². The molecule has 1 N–H and O–H groups in total. The molecule has 0 saturated heterocycles. The lowest BCUT2D eigenvalue weighted by molar-refractivity contribution is -0.112. The lowest BCUT2D eigenvalue weighted by Gasteiger charge is -2.06. The average molecular weight is 527 g/mol. The second-order valence-corrected chi connectivity index (χ2v) is 10.6. The summed E-state index contributed by atoms with van der Waals surface area (Å²) in [6.07, 6.45) is 1.33. The Morgan fingerprint density at radius 3 is 2.53 bits per heavy atom. The minimum Gasteiger partial charge on any atom is -0.497 e. The van der Waals surface area contributed by atoms with Crippen molar-refractivity contribution in [2.24, 2.45) is 5.92 Å². The van der Waals surface area contributed by atoms with Crippen LogP contribution in [0.4, 0.5) is 5.13 Å². The molecule has 0 aliphatic carbocycles. The fraction of sp³-hybridized carbons (Fsp3) is 0.208. The number of sulfone groups is 1. The molecule has 2 aromatic carbocycles. The van der Waals surface area contributed by atoms with Gasteiger partial charge in [-0.2, -0.15) is 14.6 Å². The zero-order valence-corrected chi connectivity index (χ0v) is 21.2. The third-order valence-corrected chi connectivity index (χ3v) is 7.12. The molecular formula is C24H22N4O6S2. The van der Waals surface area contributed by atoms with E-state index in [2.05, 4.69) is 14.7 Å². The van der Waals surface area contributed by atoms with Gasteiger partial charge in [-0.05, 0) is 47.9 Å². The number of nitrogens with zero attached hydrogens (tertiary/aromatic N) is 3. The van der Waals surface area contributed by atoms with Crippen molar-refractivity contribution >= 4 is 44.5 Å². The number of rotatable bonds is 9. The standard InChI is InChI=1S/C24H22N4O6S2/c1-15(2)14-36(31,32)24-27-23(35-28-24)26-21(29)18(13-25)11-16-7-9-19(10-8-16)34-22(30)17-5-4-6-20(12-17)33-3/h4-12,15H,14H2,1-3H3,(H,26,27,28,29)/b18-11-. The molecule has 1 aromatic heterocycles. The summed E-state index contributed by atoms with van der Waals surface area (Å²) in [7, 11) is -2.17. The summed E-state index contributed by atoms with van der Waals surface area (Å²) in [4.78, 5) is 28.7. The number of nitriles is 1. The van der Waals surface area contributed by atoms with Crippen LogP contribution in [0, 0.1) is 17.2 Å². The monoisotopic (exact) mass is 526 g/mol. The maximum atomic E-state index is 12.5. The molecule has 12 heteroatoms. The summed E-state index contributed by atoms with van der Waals surface area (Å²) in [5, 5.41) is 11.4. The fourth-order valence-corrected chi connectivity index (χ4v) is 5.28. The zero-order chi connectivity index (χ0) is 26.3. The van der Waals surface area contributed by atoms with Gasteiger partial charge in [-0.1, -0.05) is 32.0 Å². The summed E-state index contributed by atoms with van der Waals surface area (Å²) in [5.74, 6) is -0.774. The van der Waals surface area contributed by atoms with Crippen LogP contribution in [0.15, 0.2) is 59.3 Å². The number of carbonyl (C=O) groups is 2. The van der Waals surface area contributed by atoms with Gasteiger partial charge in [-0.25, -0.2) is 13.2 Å². The van der Waals surface area contributed by atoms with E-state index in [0.717, 1.165) is 0 Å². The number of nitrogens with one attached hydrogen (secondary N) is 1. The van der Waals surface area contributed by atoms with Crippen LogP contribution in [0.1, 0.15) is 29.8 Å². The smallest absolute Gasteiger partial charge is 0.343 e. The zero-order valence-electron chi connectivity index (χ0n) is 19.6. The first kappa shape index (κ1) is 26.5. The van der Waals surface area contributed by atoms with Gasteiger partial charge in [0, 0.05) is 11.5 Å². The molecule has 0 atom stereocenters. The van der Waals surface area contributed by atoms with E-state index in [1.807, 2.05) is 0 Å². The van der Waals surface area contributed by atoms with Gasteiger partial charge in [0.2, 0.25) is 15.0 Å². The predicted octanol–water partition coefficient (Wildman–Crippen LogP) is 3.74. The Morgan fingerprint density at radius 1 is 1.17 bits per heavy atom. The van der Waals surface area contributed by atoms with Crippen LogP contribution in [-0.2, 0) is 14.6 Å². The first-order valence-electron chi connectivity index (χ1n) is 10.6. The second-order valence-electron chi connectivity index (χ2n) is 7.87. The summed E-state index contributed by atoms with van der Waals surface area (Å²) >= 11 is 0.709. The van der Waals surface area contributed by atoms with Crippen LogP contribution in [0.2, 0.25) is 0 Å².